The van der Waals surface area contributed by atoms with Gasteiger partial charge < -0.3 is 20.7 Å². The number of carbonyl (C=O) groups is 1. The van der Waals surface area contributed by atoms with Crippen LogP contribution in [0.3, 0.4) is 0 Å². The van der Waals surface area contributed by atoms with Crippen LogP contribution in [0, 0.1) is 5.82 Å². The molecule has 1 aliphatic rings. The summed E-state index contributed by atoms with van der Waals surface area (Å²) in [5.74, 6) is 0.127. The first-order valence-electron chi connectivity index (χ1n) is 11.0. The molecule has 1 amide bonds. The standard InChI is InChI=1S/C24H32FN5O2/c1-3-18-5-4-6-21(15-18)29-23(31)17-28-24(26-2)27-16-22(30-11-13-32-14-12-30)19-7-9-20(25)10-8-19/h4-10,15,22H,3,11-14,16-17H2,1-2H3,(H,29,31)(H2,26,27,28). The van der Waals surface area contributed by atoms with Crippen molar-refractivity contribution in [3.63, 3.8) is 0 Å². The van der Waals surface area contributed by atoms with E-state index in [0.717, 1.165) is 30.8 Å². The molecule has 0 aliphatic carbocycles. The quantitative estimate of drug-likeness (QED) is 0.434. The first-order valence-corrected chi connectivity index (χ1v) is 11.0. The Labute approximate surface area is 189 Å². The van der Waals surface area contributed by atoms with Crippen LogP contribution in [0.5, 0.6) is 0 Å². The van der Waals surface area contributed by atoms with Gasteiger partial charge in [0, 0.05) is 32.4 Å². The van der Waals surface area contributed by atoms with Gasteiger partial charge in [-0.2, -0.15) is 0 Å². The van der Waals surface area contributed by atoms with Crippen LogP contribution in [0.2, 0.25) is 0 Å². The van der Waals surface area contributed by atoms with Gasteiger partial charge in [-0.3, -0.25) is 14.7 Å². The molecule has 1 saturated heterocycles. The average molecular weight is 442 g/mol. The Morgan fingerprint density at radius 1 is 1.16 bits per heavy atom. The van der Waals surface area contributed by atoms with E-state index in [2.05, 4.69) is 32.8 Å². The monoisotopic (exact) mass is 441 g/mol. The maximum absolute atomic E-state index is 13.4. The van der Waals surface area contributed by atoms with Gasteiger partial charge in [0.1, 0.15) is 5.82 Å². The lowest BCUT2D eigenvalue weighted by atomic mass is 10.0. The van der Waals surface area contributed by atoms with Crippen molar-refractivity contribution in [3.05, 3.63) is 65.5 Å². The summed E-state index contributed by atoms with van der Waals surface area (Å²) in [6.07, 6.45) is 0.914. The van der Waals surface area contributed by atoms with E-state index in [1.807, 2.05) is 36.4 Å². The molecule has 8 heteroatoms. The second-order valence-electron chi connectivity index (χ2n) is 7.62. The number of carbonyl (C=O) groups excluding carboxylic acids is 1. The fraction of sp³-hybridized carbons (Fsp3) is 0.417. The number of hydrogen-bond acceptors (Lipinski definition) is 4. The molecule has 0 saturated carbocycles. The molecule has 1 aliphatic heterocycles. The summed E-state index contributed by atoms with van der Waals surface area (Å²) in [5.41, 5.74) is 2.97. The van der Waals surface area contributed by atoms with Crippen molar-refractivity contribution in [2.45, 2.75) is 19.4 Å². The zero-order valence-electron chi connectivity index (χ0n) is 18.7. The van der Waals surface area contributed by atoms with Gasteiger partial charge in [-0.1, -0.05) is 31.2 Å². The number of nitrogens with one attached hydrogen (secondary N) is 3. The maximum Gasteiger partial charge on any atom is 0.243 e. The van der Waals surface area contributed by atoms with Crippen molar-refractivity contribution in [1.82, 2.24) is 15.5 Å². The van der Waals surface area contributed by atoms with Crippen LogP contribution in [0.15, 0.2) is 53.5 Å². The van der Waals surface area contributed by atoms with Crippen molar-refractivity contribution in [1.29, 1.82) is 0 Å². The van der Waals surface area contributed by atoms with Crippen LogP contribution < -0.4 is 16.0 Å². The first-order chi connectivity index (χ1) is 15.6. The van der Waals surface area contributed by atoms with E-state index in [9.17, 15) is 9.18 Å². The number of aryl methyl sites for hydroxylation is 1. The summed E-state index contributed by atoms with van der Waals surface area (Å²) in [5, 5.41) is 9.26. The van der Waals surface area contributed by atoms with Gasteiger partial charge in [-0.05, 0) is 41.8 Å². The molecule has 0 bridgehead atoms. The molecule has 1 heterocycles. The number of nitrogens with zero attached hydrogens (tertiary/aromatic N) is 2. The fourth-order valence-corrected chi connectivity index (χ4v) is 3.68. The van der Waals surface area contributed by atoms with Gasteiger partial charge in [0.05, 0.1) is 25.8 Å². The average Bonchev–Trinajstić information content (AvgIpc) is 2.83. The minimum absolute atomic E-state index is 0.0312. The van der Waals surface area contributed by atoms with E-state index in [0.29, 0.717) is 25.7 Å². The van der Waals surface area contributed by atoms with Crippen LogP contribution in [-0.2, 0) is 16.0 Å². The number of rotatable bonds is 8. The Morgan fingerprint density at radius 3 is 2.59 bits per heavy atom. The molecule has 0 radical (unpaired) electrons. The largest absolute Gasteiger partial charge is 0.379 e. The number of ether oxygens (including phenoxy) is 1. The van der Waals surface area contributed by atoms with Crippen LogP contribution in [0.25, 0.3) is 0 Å². The minimum Gasteiger partial charge on any atom is -0.379 e. The molecule has 2 aromatic rings. The van der Waals surface area contributed by atoms with E-state index < -0.39 is 0 Å². The maximum atomic E-state index is 13.4. The molecule has 3 rings (SSSR count). The number of morpholine rings is 1. The Hall–Kier alpha value is -2.97. The highest BCUT2D eigenvalue weighted by atomic mass is 19.1. The second-order valence-corrected chi connectivity index (χ2v) is 7.62. The zero-order valence-corrected chi connectivity index (χ0v) is 18.7. The Balaban J connectivity index is 1.55. The van der Waals surface area contributed by atoms with Gasteiger partial charge in [0.15, 0.2) is 5.96 Å². The summed E-state index contributed by atoms with van der Waals surface area (Å²) in [4.78, 5) is 18.9. The molecular weight excluding hydrogens is 409 g/mol. The molecule has 32 heavy (non-hydrogen) atoms. The highest BCUT2D eigenvalue weighted by molar-refractivity contribution is 5.95. The fourth-order valence-electron chi connectivity index (χ4n) is 3.68. The summed E-state index contributed by atoms with van der Waals surface area (Å²) in [6.45, 7) is 5.67. The zero-order chi connectivity index (χ0) is 22.8. The Morgan fingerprint density at radius 2 is 1.91 bits per heavy atom. The molecular formula is C24H32FN5O2. The highest BCUT2D eigenvalue weighted by Gasteiger charge is 2.23. The van der Waals surface area contributed by atoms with Crippen molar-refractivity contribution in [2.24, 2.45) is 4.99 Å². The lowest BCUT2D eigenvalue weighted by Gasteiger charge is -2.35. The second kappa shape index (κ2) is 12.2. The third-order valence-corrected chi connectivity index (χ3v) is 5.46. The smallest absolute Gasteiger partial charge is 0.243 e. The highest BCUT2D eigenvalue weighted by Crippen LogP contribution is 2.21. The summed E-state index contributed by atoms with van der Waals surface area (Å²) >= 11 is 0. The Bertz CT molecular complexity index is 898. The third-order valence-electron chi connectivity index (χ3n) is 5.46. The van der Waals surface area contributed by atoms with Crippen LogP contribution >= 0.6 is 0 Å². The molecule has 1 atom stereocenters. The topological polar surface area (TPSA) is 78.0 Å². The van der Waals surface area contributed by atoms with Crippen molar-refractivity contribution >= 4 is 17.6 Å². The van der Waals surface area contributed by atoms with Gasteiger partial charge in [0.2, 0.25) is 5.91 Å². The summed E-state index contributed by atoms with van der Waals surface area (Å²) in [7, 11) is 1.67. The van der Waals surface area contributed by atoms with E-state index in [4.69, 9.17) is 4.74 Å². The van der Waals surface area contributed by atoms with Gasteiger partial charge in [0.25, 0.3) is 0 Å². The summed E-state index contributed by atoms with van der Waals surface area (Å²) < 4.78 is 18.9. The number of halogens is 1. The first kappa shape index (κ1) is 23.7. The van der Waals surface area contributed by atoms with E-state index in [1.165, 1.54) is 17.7 Å². The molecule has 0 aromatic heterocycles. The van der Waals surface area contributed by atoms with E-state index in [-0.39, 0.29) is 24.3 Å². The van der Waals surface area contributed by atoms with Crippen LogP contribution in [0.1, 0.15) is 24.1 Å². The molecule has 172 valence electrons. The predicted octanol–water partition coefficient (Wildman–Crippen LogP) is 2.57. The SMILES string of the molecule is CCc1cccc(NC(=O)CNC(=NC)NCC(c2ccc(F)cc2)N2CCOCC2)c1. The number of amides is 1. The molecule has 1 unspecified atom stereocenters. The van der Waals surface area contributed by atoms with E-state index >= 15 is 0 Å². The van der Waals surface area contributed by atoms with Crippen molar-refractivity contribution < 1.29 is 13.9 Å². The van der Waals surface area contributed by atoms with Gasteiger partial charge in [-0.25, -0.2) is 4.39 Å². The lowest BCUT2D eigenvalue weighted by molar-refractivity contribution is -0.115. The third kappa shape index (κ3) is 7.03. The predicted molar refractivity (Wildman–Crippen MR) is 125 cm³/mol. The minimum atomic E-state index is -0.254. The molecule has 7 nitrogen and oxygen atoms in total. The van der Waals surface area contributed by atoms with E-state index in [1.54, 1.807) is 7.05 Å². The lowest BCUT2D eigenvalue weighted by Crippen LogP contribution is -2.47. The normalized spacial score (nSPS) is 15.8. The number of benzene rings is 2. The molecule has 3 N–H and O–H groups in total. The number of hydrogen-bond donors (Lipinski definition) is 3. The summed E-state index contributed by atoms with van der Waals surface area (Å²) in [6, 6.07) is 14.4. The van der Waals surface area contributed by atoms with Crippen LogP contribution in [-0.4, -0.2) is 63.2 Å². The van der Waals surface area contributed by atoms with Crippen LogP contribution in [0.4, 0.5) is 10.1 Å². The van der Waals surface area contributed by atoms with Gasteiger partial charge in [-0.15, -0.1) is 0 Å². The van der Waals surface area contributed by atoms with Crippen molar-refractivity contribution in [2.75, 3.05) is 51.8 Å². The number of aliphatic imine (C=N–C) groups is 1. The number of guanidine groups is 1. The van der Waals surface area contributed by atoms with Gasteiger partial charge >= 0.3 is 0 Å². The molecule has 0 spiro atoms. The molecule has 1 fully saturated rings. The molecule has 2 aromatic carbocycles. The Kier molecular flexibility index (Phi) is 9.01. The number of anilines is 1. The van der Waals surface area contributed by atoms with Crippen molar-refractivity contribution in [3.8, 4) is 0 Å².